The van der Waals surface area contributed by atoms with Gasteiger partial charge in [0.1, 0.15) is 11.5 Å². The molecule has 0 aromatic heterocycles. The largest absolute Gasteiger partial charge is 0.507 e. The highest BCUT2D eigenvalue weighted by Gasteiger charge is 2.27. The molecule has 55 heavy (non-hydrogen) atoms. The van der Waals surface area contributed by atoms with Gasteiger partial charge in [-0.1, -0.05) is 130 Å². The molecule has 0 bridgehead atoms. The van der Waals surface area contributed by atoms with E-state index in [4.69, 9.17) is 9.98 Å². The maximum Gasteiger partial charge on any atom is 0.128 e. The highest BCUT2D eigenvalue weighted by atomic mass is 16.3. The van der Waals surface area contributed by atoms with E-state index in [9.17, 15) is 10.2 Å². The number of benzene rings is 5. The molecule has 1 fully saturated rings. The Hall–Kier alpha value is -5.16. The van der Waals surface area contributed by atoms with Gasteiger partial charge in [0.2, 0.25) is 0 Å². The van der Waals surface area contributed by atoms with Gasteiger partial charge in [0.15, 0.2) is 0 Å². The van der Waals surface area contributed by atoms with Crippen LogP contribution in [0.5, 0.6) is 11.5 Å². The van der Waals surface area contributed by atoms with Crippen LogP contribution in [0.2, 0.25) is 0 Å². The van der Waals surface area contributed by atoms with Crippen molar-refractivity contribution in [1.82, 2.24) is 0 Å². The second kappa shape index (κ2) is 15.9. The first-order valence-corrected chi connectivity index (χ1v) is 19.8. The van der Waals surface area contributed by atoms with E-state index in [-0.39, 0.29) is 34.1 Å². The van der Waals surface area contributed by atoms with E-state index < -0.39 is 0 Å². The number of rotatable bonds is 8. The molecule has 0 saturated heterocycles. The second-order valence-electron chi connectivity index (χ2n) is 18.2. The van der Waals surface area contributed by atoms with Gasteiger partial charge in [0.05, 0.1) is 12.1 Å². The zero-order valence-corrected chi connectivity index (χ0v) is 34.3. The molecule has 0 spiro atoms. The fourth-order valence-corrected chi connectivity index (χ4v) is 7.45. The van der Waals surface area contributed by atoms with E-state index in [1.807, 2.05) is 24.6 Å². The molecule has 0 heterocycles. The Morgan fingerprint density at radius 2 is 0.945 bits per heavy atom. The number of anilines is 3. The van der Waals surface area contributed by atoms with Crippen LogP contribution in [0, 0.1) is 0 Å². The molecule has 5 nitrogen and oxygen atoms in total. The normalized spacial score (nSPS) is 16.9. The van der Waals surface area contributed by atoms with Crippen molar-refractivity contribution in [2.75, 3.05) is 4.90 Å². The van der Waals surface area contributed by atoms with Gasteiger partial charge in [0, 0.05) is 51.7 Å². The lowest BCUT2D eigenvalue weighted by atomic mass is 9.79. The summed E-state index contributed by atoms with van der Waals surface area (Å²) in [5, 5.41) is 23.1. The number of hydrogen-bond acceptors (Lipinski definition) is 5. The minimum atomic E-state index is -0.285. The number of aromatic hydroxyl groups is 2. The maximum absolute atomic E-state index is 11.7. The van der Waals surface area contributed by atoms with E-state index >= 15 is 0 Å². The average molecular weight is 734 g/mol. The van der Waals surface area contributed by atoms with Crippen LogP contribution in [0.1, 0.15) is 116 Å². The molecule has 1 saturated carbocycles. The van der Waals surface area contributed by atoms with Crippen LogP contribution in [0.25, 0.3) is 11.1 Å². The summed E-state index contributed by atoms with van der Waals surface area (Å²) in [6.07, 6.45) is 7.76. The second-order valence-corrected chi connectivity index (χ2v) is 18.2. The van der Waals surface area contributed by atoms with Gasteiger partial charge < -0.3 is 15.1 Å². The standard InChI is InChI=1S/C50H59N3O2/c1-48(2,3)38-29-37(47(55)43(31-38)50(7,8)9)33-52-45-23-17-16-22-44(45)51-32-36-28-35(30-42(46(36)54)49(4,5)6)34-24-26-41(27-25-34)53(39-18-12-10-13-19-39)40-20-14-11-15-21-40/h10-15,18-21,24-33,44-45,54-55H,16-17,22-23H2,1-9H3/t44-,45-/m1/s1. The van der Waals surface area contributed by atoms with Crippen LogP contribution in [-0.2, 0) is 16.2 Å². The molecule has 6 rings (SSSR count). The van der Waals surface area contributed by atoms with E-state index in [2.05, 4.69) is 164 Å². The van der Waals surface area contributed by atoms with Crippen LogP contribution in [-0.4, -0.2) is 34.7 Å². The van der Waals surface area contributed by atoms with Crippen molar-refractivity contribution < 1.29 is 10.2 Å². The van der Waals surface area contributed by atoms with Gasteiger partial charge in [-0.05, 0) is 100 Å². The summed E-state index contributed by atoms with van der Waals surface area (Å²) < 4.78 is 0. The summed E-state index contributed by atoms with van der Waals surface area (Å²) in [4.78, 5) is 12.5. The van der Waals surface area contributed by atoms with E-state index in [0.29, 0.717) is 11.3 Å². The van der Waals surface area contributed by atoms with Gasteiger partial charge in [-0.2, -0.15) is 0 Å². The lowest BCUT2D eigenvalue weighted by Gasteiger charge is -2.28. The van der Waals surface area contributed by atoms with Crippen molar-refractivity contribution in [3.8, 4) is 22.6 Å². The van der Waals surface area contributed by atoms with E-state index in [0.717, 1.165) is 70.6 Å². The van der Waals surface area contributed by atoms with Crippen molar-refractivity contribution in [1.29, 1.82) is 0 Å². The number of nitrogens with zero attached hydrogens (tertiary/aromatic N) is 3. The first kappa shape index (κ1) is 39.5. The van der Waals surface area contributed by atoms with Crippen molar-refractivity contribution in [2.45, 2.75) is 116 Å². The summed E-state index contributed by atoms with van der Waals surface area (Å²) in [5.74, 6) is 0.572. The molecule has 5 aromatic carbocycles. The first-order valence-electron chi connectivity index (χ1n) is 19.8. The summed E-state index contributed by atoms with van der Waals surface area (Å²) >= 11 is 0. The summed E-state index contributed by atoms with van der Waals surface area (Å²) in [6.45, 7) is 19.4. The summed E-state index contributed by atoms with van der Waals surface area (Å²) in [7, 11) is 0. The molecule has 0 unspecified atom stereocenters. The molecule has 2 N–H and O–H groups in total. The number of aliphatic imine (C=N–C) groups is 2. The van der Waals surface area contributed by atoms with Crippen molar-refractivity contribution in [3.63, 3.8) is 0 Å². The summed E-state index contributed by atoms with van der Waals surface area (Å²) in [6, 6.07) is 37.8. The quantitative estimate of drug-likeness (QED) is 0.156. The minimum Gasteiger partial charge on any atom is -0.507 e. The van der Waals surface area contributed by atoms with Gasteiger partial charge in [-0.3, -0.25) is 9.98 Å². The molecule has 0 aliphatic heterocycles. The Labute approximate surface area is 329 Å². The van der Waals surface area contributed by atoms with Crippen LogP contribution in [0.3, 0.4) is 0 Å². The fourth-order valence-electron chi connectivity index (χ4n) is 7.45. The molecule has 286 valence electrons. The molecule has 0 radical (unpaired) electrons. The number of phenols is 2. The predicted octanol–water partition coefficient (Wildman–Crippen LogP) is 13.0. The Morgan fingerprint density at radius 1 is 0.509 bits per heavy atom. The smallest absolute Gasteiger partial charge is 0.128 e. The van der Waals surface area contributed by atoms with Crippen molar-refractivity contribution >= 4 is 29.5 Å². The van der Waals surface area contributed by atoms with E-state index in [1.54, 1.807) is 0 Å². The minimum absolute atomic E-state index is 0.0158. The molecular weight excluding hydrogens is 675 g/mol. The third-order valence-corrected chi connectivity index (χ3v) is 10.8. The number of para-hydroxylation sites is 2. The van der Waals surface area contributed by atoms with Crippen LogP contribution < -0.4 is 4.90 Å². The average Bonchev–Trinajstić information content (AvgIpc) is 3.14. The highest BCUT2D eigenvalue weighted by molar-refractivity contribution is 5.88. The Balaban J connectivity index is 1.32. The Morgan fingerprint density at radius 3 is 1.40 bits per heavy atom. The third kappa shape index (κ3) is 9.21. The van der Waals surface area contributed by atoms with Crippen molar-refractivity contribution in [2.24, 2.45) is 9.98 Å². The Bertz CT molecular complexity index is 2090. The van der Waals surface area contributed by atoms with Crippen LogP contribution in [0.4, 0.5) is 17.1 Å². The Kier molecular flexibility index (Phi) is 11.4. The zero-order chi connectivity index (χ0) is 39.5. The molecule has 5 heteroatoms. The maximum atomic E-state index is 11.7. The lowest BCUT2D eigenvalue weighted by Crippen LogP contribution is -2.27. The highest BCUT2D eigenvalue weighted by Crippen LogP contribution is 2.40. The molecule has 1 aliphatic carbocycles. The van der Waals surface area contributed by atoms with E-state index in [1.165, 1.54) is 5.56 Å². The predicted molar refractivity (Wildman–Crippen MR) is 234 cm³/mol. The fraction of sp³-hybridized carbons (Fsp3) is 0.360. The van der Waals surface area contributed by atoms with Crippen molar-refractivity contribution in [3.05, 3.63) is 137 Å². The molecule has 1 aliphatic rings. The molecule has 5 aromatic rings. The topological polar surface area (TPSA) is 68.4 Å². The lowest BCUT2D eigenvalue weighted by molar-refractivity contribution is 0.390. The molecule has 2 atom stereocenters. The summed E-state index contributed by atoms with van der Waals surface area (Å²) in [5.41, 5.74) is 9.25. The third-order valence-electron chi connectivity index (χ3n) is 10.8. The number of phenolic OH excluding ortho intramolecular Hbond substituents is 2. The van der Waals surface area contributed by atoms with Crippen LogP contribution in [0.15, 0.2) is 119 Å². The van der Waals surface area contributed by atoms with Gasteiger partial charge in [-0.25, -0.2) is 0 Å². The monoisotopic (exact) mass is 733 g/mol. The van der Waals surface area contributed by atoms with Gasteiger partial charge in [0.25, 0.3) is 0 Å². The van der Waals surface area contributed by atoms with Gasteiger partial charge >= 0.3 is 0 Å². The number of hydrogen-bond donors (Lipinski definition) is 2. The van der Waals surface area contributed by atoms with Crippen LogP contribution >= 0.6 is 0 Å². The SMILES string of the molecule is CC(C)(C)c1cc(C=N[C@@H]2CCCC[C@H]2N=Cc2cc(-c3ccc(N(c4ccccc4)c4ccccc4)cc3)cc(C(C)(C)C)c2O)c(O)c(C(C)(C)C)c1. The zero-order valence-electron chi connectivity index (χ0n) is 34.3. The molecule has 0 amide bonds. The molecular formula is C50H59N3O2. The van der Waals surface area contributed by atoms with Gasteiger partial charge in [-0.15, -0.1) is 0 Å². The first-order chi connectivity index (χ1) is 26.0.